The van der Waals surface area contributed by atoms with Crippen molar-refractivity contribution in [2.45, 2.75) is 31.3 Å². The van der Waals surface area contributed by atoms with Gasteiger partial charge in [-0.2, -0.15) is 0 Å². The number of hydrogen-bond donors (Lipinski definition) is 1. The van der Waals surface area contributed by atoms with Crippen molar-refractivity contribution in [2.75, 3.05) is 26.2 Å². The average molecular weight is 429 g/mol. The summed E-state index contributed by atoms with van der Waals surface area (Å²) in [5, 5.41) is 3.70. The summed E-state index contributed by atoms with van der Waals surface area (Å²) in [4.78, 5) is 14.5. The molecule has 0 bridgehead atoms. The molecular formula is C28H32N2O2. The van der Waals surface area contributed by atoms with Crippen molar-refractivity contribution in [3.63, 3.8) is 0 Å². The molecule has 0 aliphatic carbocycles. The van der Waals surface area contributed by atoms with E-state index >= 15 is 0 Å². The van der Waals surface area contributed by atoms with Gasteiger partial charge in [0.2, 0.25) is 0 Å². The first-order valence-corrected chi connectivity index (χ1v) is 11.5. The summed E-state index contributed by atoms with van der Waals surface area (Å²) in [6, 6.07) is 31.2. The molecule has 3 aromatic rings. The normalized spacial score (nSPS) is 15.3. The molecule has 1 fully saturated rings. The highest BCUT2D eigenvalue weighted by Crippen LogP contribution is 2.35. The first kappa shape index (κ1) is 22.1. The Labute approximate surface area is 191 Å². The number of rotatable bonds is 8. The highest BCUT2D eigenvalue weighted by Gasteiger charge is 2.37. The minimum absolute atomic E-state index is 0.0359. The maximum absolute atomic E-state index is 12.6. The zero-order valence-electron chi connectivity index (χ0n) is 18.6. The van der Waals surface area contributed by atoms with Crippen LogP contribution in [0, 0.1) is 0 Å². The van der Waals surface area contributed by atoms with E-state index in [1.807, 2.05) is 35.2 Å². The van der Waals surface area contributed by atoms with E-state index in [4.69, 9.17) is 4.74 Å². The number of nitrogens with one attached hydrogen (secondary N) is 1. The number of benzene rings is 3. The van der Waals surface area contributed by atoms with Crippen molar-refractivity contribution in [3.05, 3.63) is 108 Å². The predicted molar refractivity (Wildman–Crippen MR) is 129 cm³/mol. The Kier molecular flexibility index (Phi) is 7.57. The van der Waals surface area contributed by atoms with Crippen LogP contribution in [0.1, 0.15) is 29.5 Å². The van der Waals surface area contributed by atoms with E-state index in [-0.39, 0.29) is 11.5 Å². The van der Waals surface area contributed by atoms with E-state index in [1.54, 1.807) is 0 Å². The number of piperidine rings is 1. The number of ether oxygens (including phenoxy) is 1. The maximum atomic E-state index is 12.6. The quantitative estimate of drug-likeness (QED) is 0.502. The zero-order chi connectivity index (χ0) is 22.1. The lowest BCUT2D eigenvalue weighted by Gasteiger charge is -2.42. The van der Waals surface area contributed by atoms with Gasteiger partial charge in [0.15, 0.2) is 0 Å². The van der Waals surface area contributed by atoms with Gasteiger partial charge >= 0.3 is 6.09 Å². The highest BCUT2D eigenvalue weighted by molar-refractivity contribution is 5.67. The molecule has 0 radical (unpaired) electrons. The van der Waals surface area contributed by atoms with Gasteiger partial charge in [-0.1, -0.05) is 91.0 Å². The van der Waals surface area contributed by atoms with Crippen molar-refractivity contribution in [1.29, 1.82) is 0 Å². The molecule has 166 valence electrons. The van der Waals surface area contributed by atoms with E-state index in [0.29, 0.717) is 19.7 Å². The minimum atomic E-state index is -0.215. The number of hydrogen-bond acceptors (Lipinski definition) is 3. The van der Waals surface area contributed by atoms with Crippen LogP contribution in [0.15, 0.2) is 91.0 Å². The second-order valence-electron chi connectivity index (χ2n) is 8.59. The first-order valence-electron chi connectivity index (χ1n) is 11.5. The number of amides is 1. The topological polar surface area (TPSA) is 41.6 Å². The van der Waals surface area contributed by atoms with Gasteiger partial charge in [-0.25, -0.2) is 4.79 Å². The highest BCUT2D eigenvalue weighted by atomic mass is 16.6. The van der Waals surface area contributed by atoms with Crippen molar-refractivity contribution in [1.82, 2.24) is 10.2 Å². The molecule has 0 unspecified atom stereocenters. The fourth-order valence-electron chi connectivity index (χ4n) is 4.49. The van der Waals surface area contributed by atoms with Gasteiger partial charge in [-0.05, 0) is 42.5 Å². The average Bonchev–Trinajstić information content (AvgIpc) is 2.87. The van der Waals surface area contributed by atoms with Crippen LogP contribution in [-0.4, -0.2) is 37.2 Å². The van der Waals surface area contributed by atoms with Crippen molar-refractivity contribution in [3.8, 4) is 0 Å². The molecule has 0 spiro atoms. The van der Waals surface area contributed by atoms with E-state index in [0.717, 1.165) is 37.9 Å². The zero-order valence-corrected chi connectivity index (χ0v) is 18.6. The Hall–Kier alpha value is -3.11. The van der Waals surface area contributed by atoms with Crippen LogP contribution < -0.4 is 5.32 Å². The van der Waals surface area contributed by atoms with Crippen LogP contribution in [-0.2, 0) is 23.2 Å². The van der Waals surface area contributed by atoms with E-state index in [1.165, 1.54) is 11.1 Å². The molecular weight excluding hydrogens is 396 g/mol. The molecule has 1 N–H and O–H groups in total. The summed E-state index contributed by atoms with van der Waals surface area (Å²) >= 11 is 0. The molecule has 0 aromatic heterocycles. The third kappa shape index (κ3) is 5.77. The Morgan fingerprint density at radius 1 is 0.812 bits per heavy atom. The van der Waals surface area contributed by atoms with E-state index < -0.39 is 0 Å². The van der Waals surface area contributed by atoms with Gasteiger partial charge in [0.05, 0.1) is 0 Å². The SMILES string of the molecule is O=C(OCc1ccccc1)N1CCC(CNCCc2ccccc2)(c2ccccc2)CC1. The smallest absolute Gasteiger partial charge is 0.410 e. The lowest BCUT2D eigenvalue weighted by Crippen LogP contribution is -2.49. The van der Waals surface area contributed by atoms with Crippen LogP contribution >= 0.6 is 0 Å². The van der Waals surface area contributed by atoms with Crippen LogP contribution in [0.2, 0.25) is 0 Å². The fraction of sp³-hybridized carbons (Fsp3) is 0.321. The van der Waals surface area contributed by atoms with Crippen LogP contribution in [0.25, 0.3) is 0 Å². The molecule has 4 nitrogen and oxygen atoms in total. The monoisotopic (exact) mass is 428 g/mol. The van der Waals surface area contributed by atoms with Gasteiger partial charge < -0.3 is 15.0 Å². The van der Waals surface area contributed by atoms with Crippen molar-refractivity contribution in [2.24, 2.45) is 0 Å². The Morgan fingerprint density at radius 3 is 2.00 bits per heavy atom. The van der Waals surface area contributed by atoms with E-state index in [2.05, 4.69) is 66.0 Å². The molecule has 0 atom stereocenters. The van der Waals surface area contributed by atoms with Gasteiger partial charge in [0, 0.05) is 25.0 Å². The number of carbonyl (C=O) groups excluding carboxylic acids is 1. The number of likely N-dealkylation sites (tertiary alicyclic amines) is 1. The molecule has 32 heavy (non-hydrogen) atoms. The molecule has 1 amide bonds. The third-order valence-electron chi connectivity index (χ3n) is 6.47. The van der Waals surface area contributed by atoms with Gasteiger partial charge in [-0.15, -0.1) is 0 Å². The second-order valence-corrected chi connectivity index (χ2v) is 8.59. The van der Waals surface area contributed by atoms with Crippen molar-refractivity contribution >= 4 is 6.09 Å². The molecule has 4 heteroatoms. The fourth-order valence-corrected chi connectivity index (χ4v) is 4.49. The second kappa shape index (κ2) is 11.0. The minimum Gasteiger partial charge on any atom is -0.445 e. The van der Waals surface area contributed by atoms with Crippen molar-refractivity contribution < 1.29 is 9.53 Å². The molecule has 4 rings (SSSR count). The third-order valence-corrected chi connectivity index (χ3v) is 6.47. The van der Waals surface area contributed by atoms with Crippen LogP contribution in [0.3, 0.4) is 0 Å². The lowest BCUT2D eigenvalue weighted by atomic mass is 9.72. The Bertz CT molecular complexity index is 952. The number of carbonyl (C=O) groups is 1. The Balaban J connectivity index is 1.33. The molecule has 1 aliphatic heterocycles. The summed E-state index contributed by atoms with van der Waals surface area (Å²) in [5.74, 6) is 0. The largest absolute Gasteiger partial charge is 0.445 e. The summed E-state index contributed by atoms with van der Waals surface area (Å²) in [5.41, 5.74) is 3.75. The molecule has 1 aliphatic rings. The summed E-state index contributed by atoms with van der Waals surface area (Å²) in [6.07, 6.45) is 2.66. The van der Waals surface area contributed by atoms with Gasteiger partial charge in [0.25, 0.3) is 0 Å². The summed E-state index contributed by atoms with van der Waals surface area (Å²) in [7, 11) is 0. The first-order chi connectivity index (χ1) is 15.8. The lowest BCUT2D eigenvalue weighted by molar-refractivity contribution is 0.0770. The van der Waals surface area contributed by atoms with Crippen LogP contribution in [0.5, 0.6) is 0 Å². The van der Waals surface area contributed by atoms with Gasteiger partial charge in [0.1, 0.15) is 6.61 Å². The standard InChI is InChI=1S/C28H32N2O2/c31-27(32-22-25-12-6-2-7-13-25)30-20-17-28(18-21-30,26-14-8-3-9-15-26)23-29-19-16-24-10-4-1-5-11-24/h1-15,29H,16-23H2. The molecule has 0 saturated carbocycles. The van der Waals surface area contributed by atoms with E-state index in [9.17, 15) is 4.79 Å². The van der Waals surface area contributed by atoms with Gasteiger partial charge in [-0.3, -0.25) is 0 Å². The summed E-state index contributed by atoms with van der Waals surface area (Å²) < 4.78 is 5.56. The number of nitrogens with zero attached hydrogens (tertiary/aromatic N) is 1. The molecule has 1 heterocycles. The maximum Gasteiger partial charge on any atom is 0.410 e. The summed E-state index contributed by atoms with van der Waals surface area (Å²) in [6.45, 7) is 3.60. The molecule has 3 aromatic carbocycles. The molecule has 1 saturated heterocycles. The predicted octanol–water partition coefficient (Wildman–Crippen LogP) is 5.19. The van der Waals surface area contributed by atoms with Crippen LogP contribution in [0.4, 0.5) is 4.79 Å². The Morgan fingerprint density at radius 2 is 1.38 bits per heavy atom.